The predicted molar refractivity (Wildman–Crippen MR) is 109 cm³/mol. The first-order valence-electron chi connectivity index (χ1n) is 9.23. The molecule has 1 aliphatic rings. The zero-order chi connectivity index (χ0) is 20.3. The summed E-state index contributed by atoms with van der Waals surface area (Å²) < 4.78 is 5.27. The van der Waals surface area contributed by atoms with Gasteiger partial charge in [0.15, 0.2) is 6.54 Å². The van der Waals surface area contributed by atoms with Crippen LogP contribution in [0.15, 0.2) is 30.3 Å². The van der Waals surface area contributed by atoms with Gasteiger partial charge in [-0.25, -0.2) is 4.79 Å². The largest absolute Gasteiger partial charge is 1.00 e. The second-order valence-electron chi connectivity index (χ2n) is 7.56. The molecule has 0 radical (unpaired) electrons. The number of nitrogens with one attached hydrogen (secondary N) is 2. The van der Waals surface area contributed by atoms with Crippen molar-refractivity contribution in [2.75, 3.05) is 64.6 Å². The third-order valence-electron chi connectivity index (χ3n) is 5.30. The van der Waals surface area contributed by atoms with Crippen LogP contribution in [-0.2, 0) is 9.53 Å². The zero-order valence-electron chi connectivity index (χ0n) is 16.9. The van der Waals surface area contributed by atoms with Gasteiger partial charge >= 0.3 is 6.09 Å². The van der Waals surface area contributed by atoms with Gasteiger partial charge in [-0.15, -0.1) is 0 Å². The Hall–Kier alpha value is -2.55. The van der Waals surface area contributed by atoms with Crippen molar-refractivity contribution < 1.29 is 36.3 Å². The van der Waals surface area contributed by atoms with Gasteiger partial charge in [0.2, 0.25) is 0 Å². The average Bonchev–Trinajstić information content (AvgIpc) is 2.66. The number of methoxy groups -OCH3 is 1. The number of quaternary nitrogens is 1. The van der Waals surface area contributed by atoms with Crippen LogP contribution in [0.2, 0.25) is 0 Å². The van der Waals surface area contributed by atoms with Crippen LogP contribution in [0.3, 0.4) is 0 Å². The molecule has 0 spiro atoms. The number of benzene rings is 2. The molecule has 1 saturated heterocycles. The average molecular weight is 423 g/mol. The predicted octanol–water partition coefficient (Wildman–Crippen LogP) is -0.942. The summed E-state index contributed by atoms with van der Waals surface area (Å²) in [5.74, 6) is -0.132. The van der Waals surface area contributed by atoms with Gasteiger partial charge in [-0.1, -0.05) is 12.1 Å². The number of halogens is 1. The molecule has 2 amide bonds. The quantitative estimate of drug-likeness (QED) is 0.437. The smallest absolute Gasteiger partial charge is 0.411 e. The summed E-state index contributed by atoms with van der Waals surface area (Å²) in [5.41, 5.74) is 0.876. The number of amides is 2. The summed E-state index contributed by atoms with van der Waals surface area (Å²) in [5, 5.41) is 17.2. The van der Waals surface area contributed by atoms with Crippen molar-refractivity contribution >= 4 is 34.1 Å². The zero-order valence-corrected chi connectivity index (χ0v) is 17.6. The summed E-state index contributed by atoms with van der Waals surface area (Å²) in [4.78, 5) is 26.4. The maximum atomic E-state index is 12.7. The normalized spacial score (nSPS) is 16.0. The summed E-state index contributed by atoms with van der Waals surface area (Å²) >= 11 is 0. The number of hydrogen-bond acceptors (Lipinski definition) is 5. The monoisotopic (exact) mass is 422 g/mol. The van der Waals surface area contributed by atoms with E-state index in [4.69, 9.17) is 0 Å². The Balaban J connectivity index is 0.00000300. The first kappa shape index (κ1) is 22.7. The maximum absolute atomic E-state index is 12.7. The molecule has 3 N–H and O–H groups in total. The number of phenols is 1. The minimum Gasteiger partial charge on any atom is -1.00 e. The van der Waals surface area contributed by atoms with E-state index in [0.29, 0.717) is 27.5 Å². The molecule has 29 heavy (non-hydrogen) atoms. The van der Waals surface area contributed by atoms with Gasteiger partial charge < -0.3 is 32.1 Å². The lowest BCUT2D eigenvalue weighted by atomic mass is 10.1. The van der Waals surface area contributed by atoms with E-state index in [1.807, 2.05) is 0 Å². The van der Waals surface area contributed by atoms with Crippen LogP contribution in [0, 0.1) is 0 Å². The lowest BCUT2D eigenvalue weighted by molar-refractivity contribution is -0.905. The molecule has 0 saturated carbocycles. The van der Waals surface area contributed by atoms with Crippen LogP contribution in [0.5, 0.6) is 5.75 Å². The van der Waals surface area contributed by atoms with Gasteiger partial charge in [0, 0.05) is 29.5 Å². The Labute approximate surface area is 176 Å². The highest BCUT2D eigenvalue weighted by atomic mass is 35.5. The van der Waals surface area contributed by atoms with E-state index in [0.717, 1.165) is 26.2 Å². The second-order valence-corrected chi connectivity index (χ2v) is 7.56. The van der Waals surface area contributed by atoms with E-state index in [2.05, 4.69) is 34.4 Å². The molecule has 8 nitrogen and oxygen atoms in total. The molecule has 0 bridgehead atoms. The van der Waals surface area contributed by atoms with E-state index in [1.54, 1.807) is 30.3 Å². The standard InChI is InChI=1S/C20H26N4O4.ClH/c1-23-9-11-24(2,12-10-23)13-18(25)21-16-6-4-5-15-14(16)7-8-17(19(15)26)22-20(27)28-3;/h4-8H,9-13H2,1-3H3,(H2-,21,22,25,26,27);1H. The molecule has 0 atom stereocenters. The molecule has 3 rings (SSSR count). The van der Waals surface area contributed by atoms with Gasteiger partial charge in [0.05, 0.1) is 32.9 Å². The van der Waals surface area contributed by atoms with E-state index in [9.17, 15) is 14.7 Å². The number of ether oxygens (including phenoxy) is 1. The Morgan fingerprint density at radius 3 is 2.45 bits per heavy atom. The third-order valence-corrected chi connectivity index (χ3v) is 5.30. The van der Waals surface area contributed by atoms with Gasteiger partial charge in [-0.2, -0.15) is 0 Å². The molecule has 2 aromatic carbocycles. The minimum atomic E-state index is -0.664. The van der Waals surface area contributed by atoms with Gasteiger partial charge in [-0.3, -0.25) is 15.0 Å². The number of carbonyl (C=O) groups excluding carboxylic acids is 2. The Kier molecular flexibility index (Phi) is 7.29. The summed E-state index contributed by atoms with van der Waals surface area (Å²) in [6, 6.07) is 8.63. The van der Waals surface area contributed by atoms with Crippen LogP contribution in [0.1, 0.15) is 0 Å². The highest BCUT2D eigenvalue weighted by molar-refractivity contribution is 6.06. The lowest BCUT2D eigenvalue weighted by Gasteiger charge is -2.40. The van der Waals surface area contributed by atoms with E-state index in [-0.39, 0.29) is 29.8 Å². The SMILES string of the molecule is COC(=O)Nc1ccc2c(NC(=O)C[N+]3(C)CCN(C)CC3)cccc2c1O.[Cl-]. The number of likely N-dealkylation sites (N-methyl/N-ethyl adjacent to an activating group) is 2. The van der Waals surface area contributed by atoms with Crippen molar-refractivity contribution in [2.24, 2.45) is 0 Å². The number of piperazine rings is 1. The van der Waals surface area contributed by atoms with Crippen LogP contribution >= 0.6 is 0 Å². The molecular formula is C20H27ClN4O4. The van der Waals surface area contributed by atoms with E-state index >= 15 is 0 Å². The maximum Gasteiger partial charge on any atom is 0.411 e. The fourth-order valence-corrected chi connectivity index (χ4v) is 3.46. The van der Waals surface area contributed by atoms with Crippen LogP contribution in [-0.4, -0.2) is 80.4 Å². The third kappa shape index (κ3) is 5.29. The molecule has 0 unspecified atom stereocenters. The number of fused-ring (bicyclic) bond motifs is 1. The molecule has 1 aliphatic heterocycles. The highest BCUT2D eigenvalue weighted by Crippen LogP contribution is 2.36. The first-order chi connectivity index (χ1) is 13.3. The Morgan fingerprint density at radius 1 is 1.10 bits per heavy atom. The van der Waals surface area contributed by atoms with Crippen molar-refractivity contribution in [3.8, 4) is 5.75 Å². The van der Waals surface area contributed by atoms with E-state index < -0.39 is 6.09 Å². The summed E-state index contributed by atoms with van der Waals surface area (Å²) in [7, 11) is 5.45. The molecular weight excluding hydrogens is 396 g/mol. The van der Waals surface area contributed by atoms with Gasteiger partial charge in [-0.05, 0) is 25.2 Å². The summed E-state index contributed by atoms with van der Waals surface area (Å²) in [6.07, 6.45) is -0.664. The first-order valence-corrected chi connectivity index (χ1v) is 9.23. The van der Waals surface area contributed by atoms with E-state index in [1.165, 1.54) is 7.11 Å². The topological polar surface area (TPSA) is 90.9 Å². The molecule has 0 aliphatic carbocycles. The van der Waals surface area contributed by atoms with Crippen molar-refractivity contribution in [1.29, 1.82) is 0 Å². The number of nitrogens with zero attached hydrogens (tertiary/aromatic N) is 2. The second kappa shape index (κ2) is 9.30. The number of aromatic hydroxyl groups is 1. The lowest BCUT2D eigenvalue weighted by Crippen LogP contribution is -3.00. The molecule has 2 aromatic rings. The molecule has 9 heteroatoms. The van der Waals surface area contributed by atoms with Crippen molar-refractivity contribution in [3.63, 3.8) is 0 Å². The number of hydrogen-bond donors (Lipinski definition) is 3. The summed E-state index contributed by atoms with van der Waals surface area (Å²) in [6.45, 7) is 4.22. The molecule has 158 valence electrons. The number of phenolic OH excluding ortho intramolecular Hbond substituents is 1. The molecule has 1 fully saturated rings. The van der Waals surface area contributed by atoms with Crippen LogP contribution < -0.4 is 23.0 Å². The number of anilines is 2. The highest BCUT2D eigenvalue weighted by Gasteiger charge is 2.29. The van der Waals surface area contributed by atoms with Gasteiger partial charge in [0.1, 0.15) is 5.75 Å². The fraction of sp³-hybridized carbons (Fsp3) is 0.400. The fourth-order valence-electron chi connectivity index (χ4n) is 3.46. The Morgan fingerprint density at radius 2 is 1.79 bits per heavy atom. The van der Waals surface area contributed by atoms with Crippen molar-refractivity contribution in [3.05, 3.63) is 30.3 Å². The van der Waals surface area contributed by atoms with Crippen LogP contribution in [0.4, 0.5) is 16.2 Å². The molecule has 0 aromatic heterocycles. The Bertz CT molecular complexity index is 897. The van der Waals surface area contributed by atoms with Crippen molar-refractivity contribution in [1.82, 2.24) is 4.90 Å². The van der Waals surface area contributed by atoms with Crippen LogP contribution in [0.25, 0.3) is 10.8 Å². The van der Waals surface area contributed by atoms with Crippen molar-refractivity contribution in [2.45, 2.75) is 0 Å². The number of rotatable bonds is 4. The minimum absolute atomic E-state index is 0. The van der Waals surface area contributed by atoms with Gasteiger partial charge in [0.25, 0.3) is 5.91 Å². The molecule has 1 heterocycles. The number of carbonyl (C=O) groups is 2.